The highest BCUT2D eigenvalue weighted by atomic mass is 35.5. The summed E-state index contributed by atoms with van der Waals surface area (Å²) in [5, 5.41) is 4.49. The normalized spacial score (nSPS) is 29.2. The van der Waals surface area contributed by atoms with E-state index in [1.165, 1.54) is 4.88 Å². The van der Waals surface area contributed by atoms with E-state index in [2.05, 4.69) is 15.1 Å². The van der Waals surface area contributed by atoms with E-state index in [1.54, 1.807) is 0 Å². The molecule has 3 aliphatic heterocycles. The van der Waals surface area contributed by atoms with Gasteiger partial charge in [0, 0.05) is 43.4 Å². The Morgan fingerprint density at radius 1 is 1.21 bits per heavy atom. The molecular formula is C19H30Cl2N4O3S. The summed E-state index contributed by atoms with van der Waals surface area (Å²) < 4.78 is 11.5. The van der Waals surface area contributed by atoms with E-state index in [9.17, 15) is 4.79 Å². The molecule has 1 spiro atoms. The van der Waals surface area contributed by atoms with E-state index < -0.39 is 0 Å². The van der Waals surface area contributed by atoms with Crippen LogP contribution in [0.25, 0.3) is 0 Å². The Bertz CT molecular complexity index is 708. The van der Waals surface area contributed by atoms with Crippen LogP contribution in [0, 0.1) is 5.92 Å². The molecule has 164 valence electrons. The monoisotopic (exact) mass is 464 g/mol. The number of carbonyl (C=O) groups is 1. The molecule has 0 saturated carbocycles. The number of aryl methyl sites for hydroxylation is 1. The molecule has 2 atom stereocenters. The van der Waals surface area contributed by atoms with Crippen molar-refractivity contribution in [3.63, 3.8) is 0 Å². The number of halogens is 2. The average Bonchev–Trinajstić information content (AvgIpc) is 3.34. The maximum Gasteiger partial charge on any atom is 0.226 e. The Hall–Kier alpha value is -0.640. The molecule has 29 heavy (non-hydrogen) atoms. The van der Waals surface area contributed by atoms with Gasteiger partial charge in [0.2, 0.25) is 5.91 Å². The zero-order valence-electron chi connectivity index (χ0n) is 16.6. The number of thiazole rings is 1. The van der Waals surface area contributed by atoms with Crippen LogP contribution in [0.2, 0.25) is 0 Å². The van der Waals surface area contributed by atoms with Gasteiger partial charge in [-0.1, -0.05) is 0 Å². The summed E-state index contributed by atoms with van der Waals surface area (Å²) in [5.41, 5.74) is 0.995. The van der Waals surface area contributed by atoms with Crippen molar-refractivity contribution >= 4 is 47.2 Å². The second kappa shape index (κ2) is 9.66. The van der Waals surface area contributed by atoms with Crippen LogP contribution in [0.5, 0.6) is 0 Å². The fourth-order valence-corrected chi connectivity index (χ4v) is 5.89. The molecule has 3 fully saturated rings. The lowest BCUT2D eigenvalue weighted by molar-refractivity contribution is -0.152. The number of hydrogen-bond donors (Lipinski definition) is 1. The molecule has 7 nitrogen and oxygen atoms in total. The molecule has 10 heteroatoms. The van der Waals surface area contributed by atoms with E-state index in [-0.39, 0.29) is 36.3 Å². The van der Waals surface area contributed by atoms with Crippen molar-refractivity contribution in [2.24, 2.45) is 5.92 Å². The highest BCUT2D eigenvalue weighted by Gasteiger charge is 2.42. The molecule has 3 saturated heterocycles. The van der Waals surface area contributed by atoms with Crippen LogP contribution in [0.3, 0.4) is 0 Å². The number of carbonyl (C=O) groups excluding carboxylic acids is 1. The predicted molar refractivity (Wildman–Crippen MR) is 118 cm³/mol. The van der Waals surface area contributed by atoms with Gasteiger partial charge in [0.25, 0.3) is 0 Å². The zero-order valence-corrected chi connectivity index (χ0v) is 19.0. The van der Waals surface area contributed by atoms with Gasteiger partial charge in [0.1, 0.15) is 0 Å². The Kier molecular flexibility index (Phi) is 7.67. The quantitative estimate of drug-likeness (QED) is 0.715. The smallest absolute Gasteiger partial charge is 0.226 e. The average molecular weight is 465 g/mol. The number of ether oxygens (including phenoxy) is 2. The van der Waals surface area contributed by atoms with Crippen molar-refractivity contribution in [3.05, 3.63) is 10.6 Å². The van der Waals surface area contributed by atoms with E-state index in [0.29, 0.717) is 12.5 Å². The van der Waals surface area contributed by atoms with Crippen LogP contribution < -0.4 is 10.2 Å². The lowest BCUT2D eigenvalue weighted by Crippen LogP contribution is -2.56. The molecule has 1 aromatic heterocycles. The zero-order chi connectivity index (χ0) is 18.3. The maximum absolute atomic E-state index is 13.2. The highest BCUT2D eigenvalue weighted by molar-refractivity contribution is 7.15. The van der Waals surface area contributed by atoms with Gasteiger partial charge in [0.15, 0.2) is 5.13 Å². The van der Waals surface area contributed by atoms with Gasteiger partial charge in [-0.15, -0.1) is 36.2 Å². The minimum absolute atomic E-state index is 0. The summed E-state index contributed by atoms with van der Waals surface area (Å²) in [6.07, 6.45) is 3.71. The SMILES string of the molecule is Cl.Cl.O=C(C1CCc2sc(N3CCOCC3)nc2C1)N1CCOC2(CCNC2)C1. The molecular weight excluding hydrogens is 435 g/mol. The van der Waals surface area contributed by atoms with Gasteiger partial charge in [-0.05, 0) is 25.8 Å². The summed E-state index contributed by atoms with van der Waals surface area (Å²) >= 11 is 1.81. The first-order valence-electron chi connectivity index (χ1n) is 10.2. The van der Waals surface area contributed by atoms with E-state index >= 15 is 0 Å². The Morgan fingerprint density at radius 3 is 2.79 bits per heavy atom. The fourth-order valence-electron chi connectivity index (χ4n) is 4.74. The summed E-state index contributed by atoms with van der Waals surface area (Å²) in [7, 11) is 0. The lowest BCUT2D eigenvalue weighted by atomic mass is 9.89. The van der Waals surface area contributed by atoms with Crippen molar-refractivity contribution in [2.75, 3.05) is 64.0 Å². The number of aromatic nitrogens is 1. The van der Waals surface area contributed by atoms with E-state index in [1.807, 2.05) is 11.3 Å². The molecule has 4 heterocycles. The topological polar surface area (TPSA) is 66.9 Å². The molecule has 0 radical (unpaired) electrons. The fraction of sp³-hybridized carbons (Fsp3) is 0.789. The van der Waals surface area contributed by atoms with Crippen LogP contribution in [0.1, 0.15) is 23.4 Å². The first kappa shape index (κ1) is 23.0. The van der Waals surface area contributed by atoms with Gasteiger partial charge in [-0.2, -0.15) is 0 Å². The number of fused-ring (bicyclic) bond motifs is 1. The first-order chi connectivity index (χ1) is 13.2. The Labute approximate surface area is 188 Å². The minimum atomic E-state index is -0.155. The Balaban J connectivity index is 0.00000120. The minimum Gasteiger partial charge on any atom is -0.378 e. The van der Waals surface area contributed by atoms with Crippen LogP contribution in [0.15, 0.2) is 0 Å². The van der Waals surface area contributed by atoms with Crippen molar-refractivity contribution < 1.29 is 14.3 Å². The number of morpholine rings is 2. The number of rotatable bonds is 2. The third-order valence-electron chi connectivity index (χ3n) is 6.32. The molecule has 1 aromatic rings. The molecule has 1 N–H and O–H groups in total. The third kappa shape index (κ3) is 4.67. The van der Waals surface area contributed by atoms with Gasteiger partial charge in [-0.3, -0.25) is 4.79 Å². The summed E-state index contributed by atoms with van der Waals surface area (Å²) in [5.74, 6) is 0.373. The molecule has 1 amide bonds. The maximum atomic E-state index is 13.2. The number of amides is 1. The van der Waals surface area contributed by atoms with Crippen molar-refractivity contribution in [3.8, 4) is 0 Å². The van der Waals surface area contributed by atoms with Crippen molar-refractivity contribution in [1.29, 1.82) is 0 Å². The summed E-state index contributed by atoms with van der Waals surface area (Å²) in [4.78, 5) is 23.9. The third-order valence-corrected chi connectivity index (χ3v) is 7.54. The second-order valence-corrected chi connectivity index (χ2v) is 9.19. The number of anilines is 1. The number of nitrogens with one attached hydrogen (secondary N) is 1. The highest BCUT2D eigenvalue weighted by Crippen LogP contribution is 2.35. The van der Waals surface area contributed by atoms with Crippen LogP contribution in [0.4, 0.5) is 5.13 Å². The van der Waals surface area contributed by atoms with Gasteiger partial charge < -0.3 is 24.6 Å². The lowest BCUT2D eigenvalue weighted by Gasteiger charge is -2.41. The van der Waals surface area contributed by atoms with Gasteiger partial charge >= 0.3 is 0 Å². The van der Waals surface area contributed by atoms with Crippen molar-refractivity contribution in [2.45, 2.75) is 31.3 Å². The van der Waals surface area contributed by atoms with Gasteiger partial charge in [-0.25, -0.2) is 4.98 Å². The standard InChI is InChI=1S/C19H28N4O3S.2ClH/c24-17(23-7-10-26-19(13-23)3-4-20-12-19)14-1-2-16-15(11-14)21-18(27-16)22-5-8-25-9-6-22;;/h14,20H,1-13H2;2*1H. The Morgan fingerprint density at radius 2 is 2.03 bits per heavy atom. The van der Waals surface area contributed by atoms with E-state index in [4.69, 9.17) is 14.5 Å². The van der Waals surface area contributed by atoms with Gasteiger partial charge in [0.05, 0.1) is 37.7 Å². The number of hydrogen-bond acceptors (Lipinski definition) is 7. The molecule has 2 unspecified atom stereocenters. The first-order valence-corrected chi connectivity index (χ1v) is 11.0. The van der Waals surface area contributed by atoms with Crippen LogP contribution >= 0.6 is 36.2 Å². The van der Waals surface area contributed by atoms with Crippen LogP contribution in [-0.2, 0) is 27.1 Å². The molecule has 0 bridgehead atoms. The molecule has 4 aliphatic rings. The van der Waals surface area contributed by atoms with E-state index in [0.717, 1.165) is 89.0 Å². The number of nitrogens with zero attached hydrogens (tertiary/aromatic N) is 3. The summed E-state index contributed by atoms with van der Waals surface area (Å²) in [6.45, 7) is 7.34. The summed E-state index contributed by atoms with van der Waals surface area (Å²) in [6, 6.07) is 0. The molecule has 1 aliphatic carbocycles. The molecule has 5 rings (SSSR count). The molecule has 0 aromatic carbocycles. The second-order valence-electron chi connectivity index (χ2n) is 8.12. The largest absolute Gasteiger partial charge is 0.378 e. The van der Waals surface area contributed by atoms with Crippen LogP contribution in [-0.4, -0.2) is 80.5 Å². The predicted octanol–water partition coefficient (Wildman–Crippen LogP) is 1.52. The van der Waals surface area contributed by atoms with Crippen molar-refractivity contribution in [1.82, 2.24) is 15.2 Å².